The highest BCUT2D eigenvalue weighted by Crippen LogP contribution is 2.26. The van der Waals surface area contributed by atoms with Gasteiger partial charge < -0.3 is 14.8 Å². The van der Waals surface area contributed by atoms with Gasteiger partial charge in [-0.05, 0) is 26.1 Å². The third kappa shape index (κ3) is 6.63. The molecule has 2 unspecified atom stereocenters. The summed E-state index contributed by atoms with van der Waals surface area (Å²) in [6.07, 6.45) is -0.298. The van der Waals surface area contributed by atoms with Crippen LogP contribution in [0.5, 0.6) is 0 Å². The first-order valence-electron chi connectivity index (χ1n) is 12.5. The molecule has 0 spiro atoms. The monoisotopic (exact) mass is 608 g/mol. The van der Waals surface area contributed by atoms with E-state index in [-0.39, 0.29) is 47.0 Å². The molecular formula is C27H27ClF2N4O6S. The predicted molar refractivity (Wildman–Crippen MR) is 147 cm³/mol. The van der Waals surface area contributed by atoms with E-state index in [1.165, 1.54) is 61.1 Å². The molecule has 2 N–H and O–H groups in total. The fourth-order valence-electron chi connectivity index (χ4n) is 4.74. The summed E-state index contributed by atoms with van der Waals surface area (Å²) in [5, 5.41) is 2.85. The highest BCUT2D eigenvalue weighted by molar-refractivity contribution is 7.90. The van der Waals surface area contributed by atoms with E-state index in [0.29, 0.717) is 10.9 Å². The zero-order valence-electron chi connectivity index (χ0n) is 22.1. The second kappa shape index (κ2) is 12.0. The Labute approximate surface area is 239 Å². The normalized spacial score (nSPS) is 17.1. The number of alkyl halides is 1. The quantitative estimate of drug-likeness (QED) is 0.340. The van der Waals surface area contributed by atoms with Crippen LogP contribution in [0.3, 0.4) is 0 Å². The standard InChI is InChI=1S/C27H27ClF2N4O6S/c1-15(35)20-12-33(22-8-16(6-7-19(20)22)24(36)14-41(39,40)31-2)13-25(37)34-11-18(29)9-23(34)27(38)32-10-17-4-3-5-21(28)26(17)30/h3-8,12,18,23,31H,9-11,13-14H2,1-2H3,(H,32,38). The Morgan fingerprint density at radius 2 is 1.88 bits per heavy atom. The molecule has 0 saturated carbocycles. The van der Waals surface area contributed by atoms with Crippen molar-refractivity contribution in [2.75, 3.05) is 19.3 Å². The number of hydrogen-bond donors (Lipinski definition) is 2. The van der Waals surface area contributed by atoms with E-state index in [0.717, 1.165) is 4.90 Å². The van der Waals surface area contributed by atoms with Gasteiger partial charge in [-0.25, -0.2) is 21.9 Å². The van der Waals surface area contributed by atoms with Crippen molar-refractivity contribution in [1.29, 1.82) is 0 Å². The lowest BCUT2D eigenvalue weighted by molar-refractivity contribution is -0.139. The topological polar surface area (TPSA) is 135 Å². The Kier molecular flexibility index (Phi) is 8.90. The van der Waals surface area contributed by atoms with Gasteiger partial charge in [-0.1, -0.05) is 35.9 Å². The maximum absolute atomic E-state index is 14.4. The van der Waals surface area contributed by atoms with E-state index in [2.05, 4.69) is 10.0 Å². The number of nitrogens with zero attached hydrogens (tertiary/aromatic N) is 2. The number of rotatable bonds is 10. The van der Waals surface area contributed by atoms with Crippen LogP contribution in [0.1, 0.15) is 39.6 Å². The fraction of sp³-hybridized carbons (Fsp3) is 0.333. The van der Waals surface area contributed by atoms with E-state index in [1.807, 2.05) is 0 Å². The molecule has 1 saturated heterocycles. The molecule has 0 radical (unpaired) electrons. The molecule has 1 aliphatic heterocycles. The molecule has 1 aromatic heterocycles. The van der Waals surface area contributed by atoms with Gasteiger partial charge in [-0.2, -0.15) is 0 Å². The summed E-state index contributed by atoms with van der Waals surface area (Å²) in [4.78, 5) is 52.3. The van der Waals surface area contributed by atoms with Crippen LogP contribution in [0.2, 0.25) is 5.02 Å². The average Bonchev–Trinajstić information content (AvgIpc) is 3.49. The first kappa shape index (κ1) is 30.3. The number of amides is 2. The molecular weight excluding hydrogens is 582 g/mol. The van der Waals surface area contributed by atoms with E-state index in [9.17, 15) is 36.4 Å². The van der Waals surface area contributed by atoms with Gasteiger partial charge in [0.15, 0.2) is 11.6 Å². The summed E-state index contributed by atoms with van der Waals surface area (Å²) in [6.45, 7) is 0.379. The third-order valence-electron chi connectivity index (χ3n) is 6.88. The van der Waals surface area contributed by atoms with Crippen molar-refractivity contribution in [3.8, 4) is 0 Å². The summed E-state index contributed by atoms with van der Waals surface area (Å²) >= 11 is 5.78. The summed E-state index contributed by atoms with van der Waals surface area (Å²) < 4.78 is 55.8. The van der Waals surface area contributed by atoms with Crippen LogP contribution in [0.4, 0.5) is 8.78 Å². The molecule has 1 fully saturated rings. The number of benzene rings is 2. The lowest BCUT2D eigenvalue weighted by atomic mass is 10.1. The first-order valence-corrected chi connectivity index (χ1v) is 14.6. The molecule has 2 heterocycles. The molecule has 2 aromatic carbocycles. The molecule has 0 aliphatic carbocycles. The van der Waals surface area contributed by atoms with Gasteiger partial charge in [-0.3, -0.25) is 19.2 Å². The Hall–Kier alpha value is -3.68. The Morgan fingerprint density at radius 3 is 2.56 bits per heavy atom. The van der Waals surface area contributed by atoms with Crippen LogP contribution in [-0.2, 0) is 32.7 Å². The number of nitrogens with one attached hydrogen (secondary N) is 2. The van der Waals surface area contributed by atoms with E-state index in [1.54, 1.807) is 0 Å². The number of carbonyl (C=O) groups is 4. The van der Waals surface area contributed by atoms with E-state index < -0.39 is 57.9 Å². The number of hydrogen-bond acceptors (Lipinski definition) is 6. The zero-order valence-corrected chi connectivity index (χ0v) is 23.7. The fourth-order valence-corrected chi connectivity index (χ4v) is 5.59. The second-order valence-electron chi connectivity index (χ2n) is 9.67. The molecule has 3 aromatic rings. The average molecular weight is 609 g/mol. The molecule has 10 nitrogen and oxygen atoms in total. The van der Waals surface area contributed by atoms with Crippen molar-refractivity contribution in [2.24, 2.45) is 0 Å². The van der Waals surface area contributed by atoms with Crippen LogP contribution < -0.4 is 10.0 Å². The van der Waals surface area contributed by atoms with Gasteiger partial charge in [0.05, 0.1) is 11.6 Å². The van der Waals surface area contributed by atoms with Gasteiger partial charge >= 0.3 is 0 Å². The van der Waals surface area contributed by atoms with Gasteiger partial charge in [0.25, 0.3) is 0 Å². The minimum absolute atomic E-state index is 0.0497. The SMILES string of the molecule is CNS(=O)(=O)CC(=O)c1ccc2c(C(C)=O)cn(CC(=O)N3CC(F)CC3C(=O)NCc3cccc(Cl)c3F)c2c1. The molecule has 14 heteroatoms. The minimum atomic E-state index is -3.84. The number of carbonyl (C=O) groups excluding carboxylic acids is 4. The van der Waals surface area contributed by atoms with Crippen molar-refractivity contribution in [1.82, 2.24) is 19.5 Å². The molecule has 2 atom stereocenters. The molecule has 2 amide bonds. The maximum atomic E-state index is 14.4. The Bertz CT molecular complexity index is 1660. The van der Waals surface area contributed by atoms with Gasteiger partial charge in [0, 0.05) is 46.8 Å². The third-order valence-corrected chi connectivity index (χ3v) is 8.44. The smallest absolute Gasteiger partial charge is 0.243 e. The predicted octanol–water partition coefficient (Wildman–Crippen LogP) is 2.62. The van der Waals surface area contributed by atoms with Crippen LogP contribution in [0.25, 0.3) is 10.9 Å². The van der Waals surface area contributed by atoms with E-state index >= 15 is 0 Å². The van der Waals surface area contributed by atoms with Crippen molar-refractivity contribution in [3.05, 3.63) is 70.1 Å². The van der Waals surface area contributed by atoms with Gasteiger partial charge in [0.1, 0.15) is 30.3 Å². The largest absolute Gasteiger partial charge is 0.350 e. The number of halogens is 3. The lowest BCUT2D eigenvalue weighted by Gasteiger charge is -2.24. The molecule has 218 valence electrons. The number of ketones is 2. The molecule has 1 aliphatic rings. The second-order valence-corrected chi connectivity index (χ2v) is 12.0. The van der Waals surface area contributed by atoms with Crippen molar-refractivity contribution < 1.29 is 36.4 Å². The summed E-state index contributed by atoms with van der Waals surface area (Å²) in [7, 11) is -2.65. The van der Waals surface area contributed by atoms with Gasteiger partial charge in [0.2, 0.25) is 21.8 Å². The summed E-state index contributed by atoms with van der Waals surface area (Å²) in [5.74, 6) is -3.79. The maximum Gasteiger partial charge on any atom is 0.243 e. The Balaban J connectivity index is 1.57. The van der Waals surface area contributed by atoms with Crippen LogP contribution in [0, 0.1) is 5.82 Å². The summed E-state index contributed by atoms with van der Waals surface area (Å²) in [5.41, 5.74) is 0.748. The Morgan fingerprint density at radius 1 is 1.15 bits per heavy atom. The zero-order chi connectivity index (χ0) is 30.1. The number of Topliss-reactive ketones (excluding diaryl/α,β-unsaturated/α-hetero) is 2. The molecule has 41 heavy (non-hydrogen) atoms. The molecule has 0 bridgehead atoms. The van der Waals surface area contributed by atoms with E-state index in [4.69, 9.17) is 11.6 Å². The van der Waals surface area contributed by atoms with Crippen LogP contribution in [-0.4, -0.2) is 72.8 Å². The van der Waals surface area contributed by atoms with Crippen molar-refractivity contribution >= 4 is 55.9 Å². The number of aromatic nitrogens is 1. The number of likely N-dealkylation sites (tertiary alicyclic amines) is 1. The minimum Gasteiger partial charge on any atom is -0.350 e. The van der Waals surface area contributed by atoms with Crippen LogP contribution in [0.15, 0.2) is 42.6 Å². The molecule has 4 rings (SSSR count). The van der Waals surface area contributed by atoms with Gasteiger partial charge in [-0.15, -0.1) is 0 Å². The highest BCUT2D eigenvalue weighted by atomic mass is 35.5. The number of sulfonamides is 1. The highest BCUT2D eigenvalue weighted by Gasteiger charge is 2.40. The first-order chi connectivity index (χ1) is 19.3. The summed E-state index contributed by atoms with van der Waals surface area (Å²) in [6, 6.07) is 7.43. The number of fused-ring (bicyclic) bond motifs is 1. The van der Waals surface area contributed by atoms with Crippen LogP contribution >= 0.6 is 11.6 Å². The van der Waals surface area contributed by atoms with Crippen molar-refractivity contribution in [2.45, 2.75) is 38.6 Å². The lowest BCUT2D eigenvalue weighted by Crippen LogP contribution is -2.46. The van der Waals surface area contributed by atoms with Crippen molar-refractivity contribution in [3.63, 3.8) is 0 Å².